The van der Waals surface area contributed by atoms with Crippen LogP contribution < -0.4 is 5.32 Å². The summed E-state index contributed by atoms with van der Waals surface area (Å²) in [7, 11) is 0. The summed E-state index contributed by atoms with van der Waals surface area (Å²) in [6, 6.07) is 15.8. The molecule has 2 bridgehead atoms. The molecule has 2 heterocycles. The number of amides is 1. The summed E-state index contributed by atoms with van der Waals surface area (Å²) in [5.41, 5.74) is 3.50. The van der Waals surface area contributed by atoms with Crippen LogP contribution in [0.2, 0.25) is 0 Å². The van der Waals surface area contributed by atoms with Crippen molar-refractivity contribution in [3.63, 3.8) is 0 Å². The molecule has 7 heteroatoms. The molecule has 0 aliphatic carbocycles. The standard InChI is InChI=1S/C29H39N3O2S2/c1-2-27(33)29-25(23-9-8-21-6-3-4-7-22(21)18-23)19-24-10-11-26(29)32(24)14-5-13-31(15-17-36)20-28(34)30-12-16-35/h3-4,6-9,18,24,26,35-36H,2,5,10-17,19-20H2,1H3,(H,30,34)/t24-,26+/m0/s1. The van der Waals surface area contributed by atoms with E-state index in [1.807, 2.05) is 6.92 Å². The Balaban J connectivity index is 1.48. The first-order valence-corrected chi connectivity index (χ1v) is 14.5. The molecule has 2 aliphatic heterocycles. The van der Waals surface area contributed by atoms with E-state index in [-0.39, 0.29) is 17.7 Å². The number of nitrogens with one attached hydrogen (secondary N) is 1. The van der Waals surface area contributed by atoms with Crippen molar-refractivity contribution in [2.75, 3.05) is 44.2 Å². The minimum atomic E-state index is 0.0441. The van der Waals surface area contributed by atoms with Crippen LogP contribution in [-0.2, 0) is 9.59 Å². The molecule has 194 valence electrons. The highest BCUT2D eigenvalue weighted by Crippen LogP contribution is 2.44. The second-order valence-corrected chi connectivity index (χ2v) is 10.7. The smallest absolute Gasteiger partial charge is 0.234 e. The number of ketones is 1. The summed E-state index contributed by atoms with van der Waals surface area (Å²) in [5, 5.41) is 5.36. The molecule has 2 aliphatic rings. The Morgan fingerprint density at radius 2 is 1.86 bits per heavy atom. The zero-order chi connectivity index (χ0) is 25.5. The van der Waals surface area contributed by atoms with Gasteiger partial charge in [0.25, 0.3) is 0 Å². The maximum Gasteiger partial charge on any atom is 0.234 e. The molecule has 0 aromatic heterocycles. The maximum absolute atomic E-state index is 13.3. The molecule has 0 unspecified atom stereocenters. The zero-order valence-electron chi connectivity index (χ0n) is 21.3. The third-order valence-electron chi connectivity index (χ3n) is 7.57. The lowest BCUT2D eigenvalue weighted by Crippen LogP contribution is -2.45. The van der Waals surface area contributed by atoms with Gasteiger partial charge in [0.1, 0.15) is 0 Å². The highest BCUT2D eigenvalue weighted by Gasteiger charge is 2.42. The van der Waals surface area contributed by atoms with Gasteiger partial charge in [-0.15, -0.1) is 0 Å². The SMILES string of the molecule is CCC(=O)C1=C(c2ccc3ccccc3c2)C[C@@H]2CC[C@H]1N2CCCN(CCS)CC(=O)NCCS. The van der Waals surface area contributed by atoms with Crippen LogP contribution in [0.1, 0.15) is 44.6 Å². The summed E-state index contributed by atoms with van der Waals surface area (Å²) in [6.07, 6.45) is 4.63. The molecule has 0 saturated carbocycles. The van der Waals surface area contributed by atoms with Gasteiger partial charge in [0, 0.05) is 55.2 Å². The number of thiol groups is 2. The monoisotopic (exact) mass is 525 g/mol. The molecule has 2 aromatic carbocycles. The molecular weight excluding hydrogens is 486 g/mol. The van der Waals surface area contributed by atoms with Gasteiger partial charge in [-0.2, -0.15) is 25.3 Å². The molecule has 2 atom stereocenters. The third-order valence-corrected chi connectivity index (χ3v) is 7.99. The van der Waals surface area contributed by atoms with Gasteiger partial charge in [-0.3, -0.25) is 19.4 Å². The highest BCUT2D eigenvalue weighted by molar-refractivity contribution is 7.80. The Bertz CT molecular complexity index is 1100. The minimum absolute atomic E-state index is 0.0441. The predicted octanol–water partition coefficient (Wildman–Crippen LogP) is 4.48. The Hall–Kier alpha value is -1.80. The van der Waals surface area contributed by atoms with E-state index in [1.165, 1.54) is 21.9 Å². The lowest BCUT2D eigenvalue weighted by atomic mass is 9.85. The fourth-order valence-corrected chi connectivity index (χ4v) is 6.28. The first-order valence-electron chi connectivity index (χ1n) is 13.3. The largest absolute Gasteiger partial charge is 0.354 e. The first-order chi connectivity index (χ1) is 17.5. The molecule has 0 spiro atoms. The molecule has 5 nitrogen and oxygen atoms in total. The lowest BCUT2D eigenvalue weighted by molar-refractivity contribution is -0.122. The van der Waals surface area contributed by atoms with Crippen molar-refractivity contribution < 1.29 is 9.59 Å². The number of rotatable bonds is 13. The van der Waals surface area contributed by atoms with Gasteiger partial charge in [-0.1, -0.05) is 43.3 Å². The van der Waals surface area contributed by atoms with Crippen LogP contribution in [0.3, 0.4) is 0 Å². The Morgan fingerprint density at radius 1 is 1.06 bits per heavy atom. The normalized spacial score (nSPS) is 19.9. The highest BCUT2D eigenvalue weighted by atomic mass is 32.1. The van der Waals surface area contributed by atoms with Crippen LogP contribution >= 0.6 is 25.3 Å². The fraction of sp³-hybridized carbons (Fsp3) is 0.517. The summed E-state index contributed by atoms with van der Waals surface area (Å²) < 4.78 is 0. The number of carbonyl (C=O) groups is 2. The number of fused-ring (bicyclic) bond motifs is 3. The number of Topliss-reactive ketones (excluding diaryl/α,β-unsaturated/α-hetero) is 1. The summed E-state index contributed by atoms with van der Waals surface area (Å²) in [4.78, 5) is 30.2. The van der Waals surface area contributed by atoms with E-state index in [4.69, 9.17) is 0 Å². The number of benzene rings is 2. The molecular formula is C29H39N3O2S2. The van der Waals surface area contributed by atoms with Gasteiger partial charge in [-0.25, -0.2) is 0 Å². The molecule has 1 amide bonds. The van der Waals surface area contributed by atoms with E-state index in [2.05, 4.69) is 82.8 Å². The van der Waals surface area contributed by atoms with Crippen molar-refractivity contribution in [1.82, 2.24) is 15.1 Å². The van der Waals surface area contributed by atoms with E-state index in [0.29, 0.717) is 31.3 Å². The number of hydrogen-bond donors (Lipinski definition) is 3. The fourth-order valence-electron chi connectivity index (χ4n) is 5.89. The summed E-state index contributed by atoms with van der Waals surface area (Å²) in [5.74, 6) is 1.69. The van der Waals surface area contributed by atoms with Gasteiger partial charge in [0.2, 0.25) is 5.91 Å². The van der Waals surface area contributed by atoms with Gasteiger partial charge in [0.15, 0.2) is 5.78 Å². The van der Waals surface area contributed by atoms with Gasteiger partial charge < -0.3 is 5.32 Å². The van der Waals surface area contributed by atoms with Gasteiger partial charge >= 0.3 is 0 Å². The number of nitrogens with zero attached hydrogens (tertiary/aromatic N) is 2. The van der Waals surface area contributed by atoms with Crippen LogP contribution in [0.15, 0.2) is 48.0 Å². The van der Waals surface area contributed by atoms with Crippen molar-refractivity contribution in [3.05, 3.63) is 53.6 Å². The molecule has 0 radical (unpaired) electrons. The predicted molar refractivity (Wildman–Crippen MR) is 156 cm³/mol. The quantitative estimate of drug-likeness (QED) is 0.338. The average molecular weight is 526 g/mol. The van der Waals surface area contributed by atoms with E-state index in [9.17, 15) is 9.59 Å². The maximum atomic E-state index is 13.3. The third kappa shape index (κ3) is 6.36. The van der Waals surface area contributed by atoms with Gasteiger partial charge in [-0.05, 0) is 60.2 Å². The average Bonchev–Trinajstić information content (AvgIpc) is 3.17. The molecule has 4 rings (SSSR count). The number of carbonyl (C=O) groups excluding carboxylic acids is 2. The van der Waals surface area contributed by atoms with E-state index in [0.717, 1.165) is 56.6 Å². The second-order valence-electron chi connectivity index (χ2n) is 9.85. The summed E-state index contributed by atoms with van der Waals surface area (Å²) >= 11 is 8.55. The van der Waals surface area contributed by atoms with E-state index < -0.39 is 0 Å². The molecule has 1 fully saturated rings. The Labute approximate surface area is 226 Å². The molecule has 2 aromatic rings. The van der Waals surface area contributed by atoms with Gasteiger partial charge in [0.05, 0.1) is 6.54 Å². The minimum Gasteiger partial charge on any atom is -0.354 e. The van der Waals surface area contributed by atoms with Crippen LogP contribution in [-0.4, -0.2) is 77.8 Å². The molecule has 1 saturated heterocycles. The molecule has 36 heavy (non-hydrogen) atoms. The second kappa shape index (κ2) is 13.1. The lowest BCUT2D eigenvalue weighted by Gasteiger charge is -2.38. The first kappa shape index (κ1) is 27.2. The van der Waals surface area contributed by atoms with E-state index in [1.54, 1.807) is 0 Å². The Morgan fingerprint density at radius 3 is 2.61 bits per heavy atom. The van der Waals surface area contributed by atoms with Crippen LogP contribution in [0.4, 0.5) is 0 Å². The van der Waals surface area contributed by atoms with E-state index >= 15 is 0 Å². The van der Waals surface area contributed by atoms with Crippen LogP contribution in [0.25, 0.3) is 16.3 Å². The van der Waals surface area contributed by atoms with Crippen molar-refractivity contribution in [2.45, 2.75) is 51.1 Å². The summed E-state index contributed by atoms with van der Waals surface area (Å²) in [6.45, 7) is 5.55. The Kier molecular flexibility index (Phi) is 9.94. The van der Waals surface area contributed by atoms with Crippen molar-refractivity contribution in [3.8, 4) is 0 Å². The zero-order valence-corrected chi connectivity index (χ0v) is 23.1. The van der Waals surface area contributed by atoms with Crippen LogP contribution in [0, 0.1) is 0 Å². The number of hydrogen-bond acceptors (Lipinski definition) is 6. The van der Waals surface area contributed by atoms with Crippen molar-refractivity contribution >= 4 is 53.3 Å². The van der Waals surface area contributed by atoms with Crippen molar-refractivity contribution in [1.29, 1.82) is 0 Å². The van der Waals surface area contributed by atoms with Crippen molar-refractivity contribution in [2.24, 2.45) is 0 Å². The van der Waals surface area contributed by atoms with Crippen LogP contribution in [0.5, 0.6) is 0 Å². The topological polar surface area (TPSA) is 52.7 Å². The molecule has 1 N–H and O–H groups in total.